The van der Waals surface area contributed by atoms with Crippen molar-refractivity contribution >= 4 is 22.8 Å². The molecule has 24 heavy (non-hydrogen) atoms. The Morgan fingerprint density at radius 1 is 0.750 bits per heavy atom. The molecule has 0 atom stereocenters. The van der Waals surface area contributed by atoms with Crippen LogP contribution in [0, 0.1) is 0 Å². The fourth-order valence-electron chi connectivity index (χ4n) is 2.79. The molecule has 0 saturated carbocycles. The van der Waals surface area contributed by atoms with Gasteiger partial charge in [0.05, 0.1) is 5.56 Å². The number of amides is 1. The van der Waals surface area contributed by atoms with Crippen molar-refractivity contribution in [3.63, 3.8) is 0 Å². The zero-order valence-electron chi connectivity index (χ0n) is 12.9. The van der Waals surface area contributed by atoms with Gasteiger partial charge < -0.3 is 4.42 Å². The van der Waals surface area contributed by atoms with E-state index in [2.05, 4.69) is 5.32 Å². The molecular weight excluding hydrogens is 298 g/mol. The van der Waals surface area contributed by atoms with Gasteiger partial charge in [0.2, 0.25) is 5.88 Å². The highest BCUT2D eigenvalue weighted by molar-refractivity contribution is 6.09. The van der Waals surface area contributed by atoms with Gasteiger partial charge in [0.15, 0.2) is 0 Å². The standard InChI is InChI=1S/C21H15NO2/c23-20(16-11-5-2-6-12-16)22-21-19(15-9-3-1-4-10-15)17-13-7-8-14-18(17)24-21/h1-14H,(H,22,23). The third-order valence-electron chi connectivity index (χ3n) is 3.92. The number of para-hydroxylation sites is 1. The number of furan rings is 1. The van der Waals surface area contributed by atoms with Crippen molar-refractivity contribution in [3.05, 3.63) is 90.5 Å². The van der Waals surface area contributed by atoms with Crippen LogP contribution < -0.4 is 5.32 Å². The van der Waals surface area contributed by atoms with Crippen molar-refractivity contribution in [2.75, 3.05) is 5.32 Å². The third kappa shape index (κ3) is 2.57. The monoisotopic (exact) mass is 313 g/mol. The molecule has 1 N–H and O–H groups in total. The van der Waals surface area contributed by atoms with Gasteiger partial charge in [0, 0.05) is 10.9 Å². The number of hydrogen-bond acceptors (Lipinski definition) is 2. The van der Waals surface area contributed by atoms with Crippen LogP contribution in [0.3, 0.4) is 0 Å². The van der Waals surface area contributed by atoms with Crippen LogP contribution in [-0.2, 0) is 0 Å². The average Bonchev–Trinajstić information content (AvgIpc) is 3.01. The second kappa shape index (κ2) is 6.05. The van der Waals surface area contributed by atoms with E-state index in [0.717, 1.165) is 22.1 Å². The molecule has 0 aliphatic heterocycles. The maximum atomic E-state index is 12.5. The maximum absolute atomic E-state index is 12.5. The molecule has 0 aliphatic carbocycles. The summed E-state index contributed by atoms with van der Waals surface area (Å²) in [6, 6.07) is 26.8. The summed E-state index contributed by atoms with van der Waals surface area (Å²) in [5, 5.41) is 3.89. The quantitative estimate of drug-likeness (QED) is 0.554. The SMILES string of the molecule is O=C(Nc1oc2ccccc2c1-c1ccccc1)c1ccccc1. The molecule has 0 spiro atoms. The lowest BCUT2D eigenvalue weighted by Gasteiger charge is -2.06. The fourth-order valence-corrected chi connectivity index (χ4v) is 2.79. The van der Waals surface area contributed by atoms with Crippen LogP contribution >= 0.6 is 0 Å². The first-order valence-corrected chi connectivity index (χ1v) is 7.76. The van der Waals surface area contributed by atoms with Crippen molar-refractivity contribution in [2.24, 2.45) is 0 Å². The molecular formula is C21H15NO2. The van der Waals surface area contributed by atoms with Gasteiger partial charge in [-0.05, 0) is 23.8 Å². The Morgan fingerprint density at radius 3 is 2.12 bits per heavy atom. The summed E-state index contributed by atoms with van der Waals surface area (Å²) in [6.45, 7) is 0. The highest BCUT2D eigenvalue weighted by atomic mass is 16.4. The topological polar surface area (TPSA) is 42.2 Å². The Bertz CT molecular complexity index is 988. The predicted molar refractivity (Wildman–Crippen MR) is 96.0 cm³/mol. The van der Waals surface area contributed by atoms with Gasteiger partial charge in [0.1, 0.15) is 5.58 Å². The van der Waals surface area contributed by atoms with Crippen LogP contribution in [-0.4, -0.2) is 5.91 Å². The number of hydrogen-bond donors (Lipinski definition) is 1. The van der Waals surface area contributed by atoms with Gasteiger partial charge in [-0.3, -0.25) is 10.1 Å². The summed E-state index contributed by atoms with van der Waals surface area (Å²) in [5.41, 5.74) is 3.25. The smallest absolute Gasteiger partial charge is 0.257 e. The molecule has 0 fully saturated rings. The van der Waals surface area contributed by atoms with Gasteiger partial charge in [-0.15, -0.1) is 0 Å². The van der Waals surface area contributed by atoms with Crippen LogP contribution in [0.15, 0.2) is 89.3 Å². The summed E-state index contributed by atoms with van der Waals surface area (Å²) in [5.74, 6) is 0.281. The molecule has 3 nitrogen and oxygen atoms in total. The van der Waals surface area contributed by atoms with Gasteiger partial charge in [-0.2, -0.15) is 0 Å². The van der Waals surface area contributed by atoms with Crippen LogP contribution in [0.1, 0.15) is 10.4 Å². The number of nitrogens with one attached hydrogen (secondary N) is 1. The molecule has 0 aliphatic rings. The first kappa shape index (κ1) is 14.3. The molecule has 1 aromatic heterocycles. The van der Waals surface area contributed by atoms with E-state index < -0.39 is 0 Å². The molecule has 4 rings (SSSR count). The van der Waals surface area contributed by atoms with Gasteiger partial charge in [0.25, 0.3) is 5.91 Å². The van der Waals surface area contributed by atoms with Crippen LogP contribution in [0.4, 0.5) is 5.88 Å². The van der Waals surface area contributed by atoms with Crippen molar-refractivity contribution in [3.8, 4) is 11.1 Å². The summed E-state index contributed by atoms with van der Waals surface area (Å²) in [4.78, 5) is 12.5. The summed E-state index contributed by atoms with van der Waals surface area (Å²) < 4.78 is 5.91. The summed E-state index contributed by atoms with van der Waals surface area (Å²) >= 11 is 0. The van der Waals surface area contributed by atoms with E-state index in [1.807, 2.05) is 72.8 Å². The summed E-state index contributed by atoms with van der Waals surface area (Å²) in [7, 11) is 0. The number of carbonyl (C=O) groups excluding carboxylic acids is 1. The number of fused-ring (bicyclic) bond motifs is 1. The first-order chi connectivity index (χ1) is 11.8. The molecule has 116 valence electrons. The molecule has 1 heterocycles. The average molecular weight is 313 g/mol. The van der Waals surface area contributed by atoms with Gasteiger partial charge in [-0.1, -0.05) is 66.7 Å². The molecule has 0 unspecified atom stereocenters. The lowest BCUT2D eigenvalue weighted by molar-refractivity contribution is 0.102. The minimum atomic E-state index is -0.188. The fraction of sp³-hybridized carbons (Fsp3) is 0. The van der Waals surface area contributed by atoms with E-state index in [0.29, 0.717) is 11.4 Å². The minimum absolute atomic E-state index is 0.188. The van der Waals surface area contributed by atoms with Crippen molar-refractivity contribution in [2.45, 2.75) is 0 Å². The van der Waals surface area contributed by atoms with Crippen molar-refractivity contribution in [1.29, 1.82) is 0 Å². The Labute approximate surface area is 139 Å². The largest absolute Gasteiger partial charge is 0.440 e. The predicted octanol–water partition coefficient (Wildman–Crippen LogP) is 5.35. The second-order valence-electron chi connectivity index (χ2n) is 5.49. The maximum Gasteiger partial charge on any atom is 0.257 e. The first-order valence-electron chi connectivity index (χ1n) is 7.76. The molecule has 3 aromatic carbocycles. The van der Waals surface area contributed by atoms with E-state index in [1.54, 1.807) is 12.1 Å². The molecule has 0 saturated heterocycles. The normalized spacial score (nSPS) is 10.7. The minimum Gasteiger partial charge on any atom is -0.440 e. The summed E-state index contributed by atoms with van der Waals surface area (Å²) in [6.07, 6.45) is 0. The van der Waals surface area contributed by atoms with E-state index in [4.69, 9.17) is 4.42 Å². The number of carbonyl (C=O) groups is 1. The molecule has 3 heteroatoms. The highest BCUT2D eigenvalue weighted by Gasteiger charge is 2.18. The van der Waals surface area contributed by atoms with Crippen LogP contribution in [0.5, 0.6) is 0 Å². The van der Waals surface area contributed by atoms with Crippen molar-refractivity contribution in [1.82, 2.24) is 0 Å². The van der Waals surface area contributed by atoms with E-state index >= 15 is 0 Å². The van der Waals surface area contributed by atoms with Crippen molar-refractivity contribution < 1.29 is 9.21 Å². The third-order valence-corrected chi connectivity index (χ3v) is 3.92. The lowest BCUT2D eigenvalue weighted by atomic mass is 10.0. The Morgan fingerprint density at radius 2 is 1.38 bits per heavy atom. The molecule has 0 radical (unpaired) electrons. The number of anilines is 1. The van der Waals surface area contributed by atoms with E-state index in [1.165, 1.54) is 0 Å². The Hall–Kier alpha value is -3.33. The molecule has 1 amide bonds. The Balaban J connectivity index is 1.82. The van der Waals surface area contributed by atoms with E-state index in [-0.39, 0.29) is 5.91 Å². The van der Waals surface area contributed by atoms with Crippen LogP contribution in [0.2, 0.25) is 0 Å². The zero-order chi connectivity index (χ0) is 16.4. The lowest BCUT2D eigenvalue weighted by Crippen LogP contribution is -2.11. The van der Waals surface area contributed by atoms with E-state index in [9.17, 15) is 4.79 Å². The zero-order valence-corrected chi connectivity index (χ0v) is 12.9. The number of benzene rings is 3. The highest BCUT2D eigenvalue weighted by Crippen LogP contribution is 2.38. The van der Waals surface area contributed by atoms with Crippen LogP contribution in [0.25, 0.3) is 22.1 Å². The second-order valence-corrected chi connectivity index (χ2v) is 5.49. The van der Waals surface area contributed by atoms with Gasteiger partial charge >= 0.3 is 0 Å². The Kier molecular flexibility index (Phi) is 3.60. The number of rotatable bonds is 3. The van der Waals surface area contributed by atoms with Gasteiger partial charge in [-0.25, -0.2) is 0 Å². The molecule has 4 aromatic rings. The molecule has 0 bridgehead atoms.